The van der Waals surface area contributed by atoms with Crippen LogP contribution in [0.3, 0.4) is 0 Å². The number of carboxylic acid groups (broad SMARTS) is 1. The topological polar surface area (TPSA) is 157 Å². The van der Waals surface area contributed by atoms with E-state index in [9.17, 15) is 14.4 Å². The predicted molar refractivity (Wildman–Crippen MR) is 240 cm³/mol. The number of benzene rings is 5. The Morgan fingerprint density at radius 3 is 1.43 bits per heavy atom. The Balaban J connectivity index is 0.000000150. The smallest absolute Gasteiger partial charge is 0.337 e. The number of carbonyl (C=O) groups excluding carboxylic acids is 2. The molecule has 0 radical (unpaired) electrons. The van der Waals surface area contributed by atoms with Crippen LogP contribution >= 0.6 is 106 Å². The van der Waals surface area contributed by atoms with Crippen LogP contribution in [-0.4, -0.2) is 37.2 Å². The molecule has 0 fully saturated rings. The van der Waals surface area contributed by atoms with E-state index in [1.807, 2.05) is 48.5 Å². The molecule has 286 valence electrons. The van der Waals surface area contributed by atoms with Gasteiger partial charge in [0.1, 0.15) is 0 Å². The molecule has 8 aromatic rings. The lowest BCUT2D eigenvalue weighted by atomic mass is 10.1. The third-order valence-corrected chi connectivity index (χ3v) is 10.9. The van der Waals surface area contributed by atoms with E-state index < -0.39 is 11.2 Å². The van der Waals surface area contributed by atoms with Gasteiger partial charge in [0.2, 0.25) is 0 Å². The van der Waals surface area contributed by atoms with E-state index in [0.29, 0.717) is 48.2 Å². The number of amides is 1. The number of anilines is 2. The summed E-state index contributed by atoms with van der Waals surface area (Å²) in [6.45, 7) is 0. The first kappa shape index (κ1) is 43.1. The van der Waals surface area contributed by atoms with E-state index in [-0.39, 0.29) is 5.91 Å². The molecular formula is C39H25Br3Cl5N5O4. The molecule has 7 N–H and O–H groups in total. The van der Waals surface area contributed by atoms with Crippen LogP contribution in [0.1, 0.15) is 31.1 Å². The Kier molecular flexibility index (Phi) is 15.0. The first-order valence-corrected chi connectivity index (χ1v) is 20.1. The predicted octanol–water partition coefficient (Wildman–Crippen LogP) is 14.0. The number of nitrogen functional groups attached to an aromatic ring is 1. The molecule has 1 amide bonds. The summed E-state index contributed by atoms with van der Waals surface area (Å²) in [5.41, 5.74) is 10.6. The van der Waals surface area contributed by atoms with Crippen LogP contribution in [0.5, 0.6) is 0 Å². The molecule has 9 nitrogen and oxygen atoms in total. The highest BCUT2D eigenvalue weighted by Crippen LogP contribution is 2.28. The molecule has 56 heavy (non-hydrogen) atoms. The monoisotopic (exact) mass is 1040 g/mol. The zero-order valence-corrected chi connectivity index (χ0v) is 36.7. The molecule has 0 bridgehead atoms. The minimum Gasteiger partial charge on any atom is -0.478 e. The Morgan fingerprint density at radius 1 is 0.554 bits per heavy atom. The number of aromatic carboxylic acids is 1. The number of H-pyrrole nitrogens is 3. The first-order valence-electron chi connectivity index (χ1n) is 15.8. The van der Waals surface area contributed by atoms with Gasteiger partial charge in [-0.05, 0) is 103 Å². The number of nitrogens with two attached hydrogens (primary N) is 1. The molecule has 0 unspecified atom stereocenters. The number of halogens is 8. The number of carbonyl (C=O) groups is 3. The molecule has 0 atom stereocenters. The van der Waals surface area contributed by atoms with Crippen molar-refractivity contribution in [3.05, 3.63) is 160 Å². The number of fused-ring (bicyclic) bond motifs is 3. The van der Waals surface area contributed by atoms with Crippen LogP contribution in [-0.2, 0) is 0 Å². The SMILES string of the molecule is Nc1ccc(Cl)c(Cl)c1.O=C(Cl)c1c[nH]c2ccc(Br)cc12.O=C(Nc1ccc(Cl)c(Cl)c1)c1c[nH]c2ccc(Br)cc12.O=C(O)c1c[nH]c2ccc(Br)cc12. The van der Waals surface area contributed by atoms with Crippen molar-refractivity contribution in [1.29, 1.82) is 0 Å². The van der Waals surface area contributed by atoms with Crippen molar-refractivity contribution in [3.63, 3.8) is 0 Å². The van der Waals surface area contributed by atoms with Gasteiger partial charge in [0.15, 0.2) is 0 Å². The van der Waals surface area contributed by atoms with Gasteiger partial charge in [-0.3, -0.25) is 9.59 Å². The summed E-state index contributed by atoms with van der Waals surface area (Å²) in [6.07, 6.45) is 4.80. The van der Waals surface area contributed by atoms with Crippen molar-refractivity contribution in [2.45, 2.75) is 0 Å². The van der Waals surface area contributed by atoms with Gasteiger partial charge in [-0.2, -0.15) is 0 Å². The minimum atomic E-state index is -0.913. The highest BCUT2D eigenvalue weighted by atomic mass is 79.9. The molecule has 0 saturated heterocycles. The van der Waals surface area contributed by atoms with Crippen molar-refractivity contribution in [1.82, 2.24) is 15.0 Å². The Bertz CT molecular complexity index is 2640. The average Bonchev–Trinajstić information content (AvgIpc) is 3.89. The van der Waals surface area contributed by atoms with E-state index in [2.05, 4.69) is 68.1 Å². The molecule has 17 heteroatoms. The molecule has 0 aliphatic rings. The second-order valence-corrected chi connectivity index (χ2v) is 16.2. The lowest BCUT2D eigenvalue weighted by Crippen LogP contribution is -2.11. The van der Waals surface area contributed by atoms with E-state index in [1.54, 1.807) is 54.9 Å². The number of aromatic amines is 3. The first-order chi connectivity index (χ1) is 26.6. The van der Waals surface area contributed by atoms with Gasteiger partial charge in [0.05, 0.1) is 36.8 Å². The quantitative estimate of drug-likeness (QED) is 0.0764. The van der Waals surface area contributed by atoms with Crippen molar-refractivity contribution in [2.75, 3.05) is 11.1 Å². The van der Waals surface area contributed by atoms with Gasteiger partial charge >= 0.3 is 5.97 Å². The van der Waals surface area contributed by atoms with Crippen LogP contribution in [0.2, 0.25) is 20.1 Å². The molecule has 0 aliphatic carbocycles. The maximum Gasteiger partial charge on any atom is 0.337 e. The number of hydrogen-bond donors (Lipinski definition) is 6. The van der Waals surface area contributed by atoms with Gasteiger partial charge in [-0.25, -0.2) is 4.79 Å². The third kappa shape index (κ3) is 11.1. The Hall–Kier alpha value is -3.98. The highest BCUT2D eigenvalue weighted by Gasteiger charge is 2.14. The zero-order chi connectivity index (χ0) is 40.7. The van der Waals surface area contributed by atoms with Crippen molar-refractivity contribution in [3.8, 4) is 0 Å². The second kappa shape index (κ2) is 19.4. The van der Waals surface area contributed by atoms with Gasteiger partial charge < -0.3 is 31.1 Å². The molecular weight excluding hydrogens is 1020 g/mol. The number of nitrogens with one attached hydrogen (secondary N) is 4. The summed E-state index contributed by atoms with van der Waals surface area (Å²) < 4.78 is 2.72. The van der Waals surface area contributed by atoms with Crippen LogP contribution in [0, 0.1) is 0 Å². The van der Waals surface area contributed by atoms with Crippen molar-refractivity contribution < 1.29 is 19.5 Å². The van der Waals surface area contributed by atoms with Gasteiger partial charge in [-0.1, -0.05) is 94.2 Å². The summed E-state index contributed by atoms with van der Waals surface area (Å²) >= 11 is 38.4. The zero-order valence-electron chi connectivity index (χ0n) is 28.2. The maximum atomic E-state index is 12.4. The number of hydrogen-bond acceptors (Lipinski definition) is 4. The normalized spacial score (nSPS) is 10.5. The number of aromatic nitrogens is 3. The fraction of sp³-hybridized carbons (Fsp3) is 0. The lowest BCUT2D eigenvalue weighted by Gasteiger charge is -2.05. The van der Waals surface area contributed by atoms with Crippen LogP contribution in [0.25, 0.3) is 32.7 Å². The minimum absolute atomic E-state index is 0.210. The molecule has 3 aromatic heterocycles. The average molecular weight is 1040 g/mol. The summed E-state index contributed by atoms with van der Waals surface area (Å²) in [6, 6.07) is 26.8. The third-order valence-electron chi connectivity index (χ3n) is 7.74. The molecule has 8 rings (SSSR count). The molecule has 0 saturated carbocycles. The fourth-order valence-corrected chi connectivity index (χ4v) is 6.93. The molecule has 3 heterocycles. The Morgan fingerprint density at radius 2 is 0.982 bits per heavy atom. The number of rotatable bonds is 4. The van der Waals surface area contributed by atoms with E-state index in [4.69, 9.17) is 68.8 Å². The molecule has 5 aromatic carbocycles. The van der Waals surface area contributed by atoms with Crippen molar-refractivity contribution >= 4 is 167 Å². The van der Waals surface area contributed by atoms with Crippen LogP contribution in [0.4, 0.5) is 11.4 Å². The summed E-state index contributed by atoms with van der Waals surface area (Å²) in [7, 11) is 0. The largest absolute Gasteiger partial charge is 0.478 e. The van der Waals surface area contributed by atoms with E-state index in [1.165, 1.54) is 6.20 Å². The van der Waals surface area contributed by atoms with Crippen LogP contribution in [0.15, 0.2) is 123 Å². The Labute approximate surface area is 369 Å². The van der Waals surface area contributed by atoms with Gasteiger partial charge in [0.25, 0.3) is 11.1 Å². The summed E-state index contributed by atoms with van der Waals surface area (Å²) in [5.74, 6) is -1.12. The van der Waals surface area contributed by atoms with E-state index >= 15 is 0 Å². The maximum absolute atomic E-state index is 12.4. The highest BCUT2D eigenvalue weighted by molar-refractivity contribution is 9.11. The van der Waals surface area contributed by atoms with Gasteiger partial charge in [0, 0.05) is 76.1 Å². The van der Waals surface area contributed by atoms with Crippen molar-refractivity contribution in [2.24, 2.45) is 0 Å². The summed E-state index contributed by atoms with van der Waals surface area (Å²) in [4.78, 5) is 43.0. The fourth-order valence-electron chi connectivity index (χ4n) is 5.09. The van der Waals surface area contributed by atoms with Crippen LogP contribution < -0.4 is 11.1 Å². The number of carboxylic acids is 1. The lowest BCUT2D eigenvalue weighted by molar-refractivity contribution is 0.0698. The second-order valence-electron chi connectivity index (χ2n) is 11.5. The molecule has 0 spiro atoms. The summed E-state index contributed by atoms with van der Waals surface area (Å²) in [5, 5.41) is 15.5. The molecule has 0 aliphatic heterocycles. The standard InChI is InChI=1S/C15H9BrCl2N2O.C9H5BrClNO.C9H6BrNO2.C6H5Cl2N/c16-8-1-4-14-10(5-8)11(7-19-14)15(21)20-9-2-3-12(17)13(18)6-9;10-5-1-2-8-6(3-5)7(4-12-8)9(11)13;10-5-1-2-8-6(3-5)7(4-11-8)9(12)13;7-5-2-1-4(9)3-6(5)8/h1-7,19H,(H,20,21);1-4,12H;1-4,11H,(H,12,13);1-3H,9H2. The van der Waals surface area contributed by atoms with Gasteiger partial charge in [-0.15, -0.1) is 0 Å². The van der Waals surface area contributed by atoms with E-state index in [0.717, 1.165) is 46.1 Å².